The number of nitrogens with two attached hydrogens (primary N) is 1. The molecule has 7 nitrogen and oxygen atoms in total. The van der Waals surface area contributed by atoms with Crippen LogP contribution in [0.5, 0.6) is 0 Å². The number of amides is 3. The minimum absolute atomic E-state index is 0.00817. The molecule has 5 N–H and O–H groups in total. The Morgan fingerprint density at radius 1 is 1.30 bits per heavy atom. The molecule has 0 spiro atoms. The molecule has 0 bridgehead atoms. The Balaban J connectivity index is 2.60. The summed E-state index contributed by atoms with van der Waals surface area (Å²) in [4.78, 5) is 33.2. The standard InChI is InChI=1S/C13H23N3O4/c1-7-9(15-6-10(17)16-12(14)20)5-4-8(11(18)19)13(7,2)3/h7-9,15H,4-6H2,1-3H3,(H,18,19)(H3,14,16,17,20). The van der Waals surface area contributed by atoms with E-state index in [1.807, 2.05) is 26.1 Å². The Morgan fingerprint density at radius 2 is 1.90 bits per heavy atom. The van der Waals surface area contributed by atoms with E-state index in [9.17, 15) is 19.5 Å². The number of carbonyl (C=O) groups excluding carboxylic acids is 2. The average Bonchev–Trinajstić information content (AvgIpc) is 2.29. The van der Waals surface area contributed by atoms with E-state index in [1.165, 1.54) is 0 Å². The molecule has 0 saturated heterocycles. The van der Waals surface area contributed by atoms with Gasteiger partial charge in [0.1, 0.15) is 0 Å². The van der Waals surface area contributed by atoms with Crippen LogP contribution in [0.15, 0.2) is 0 Å². The van der Waals surface area contributed by atoms with Crippen molar-refractivity contribution < 1.29 is 19.5 Å². The SMILES string of the molecule is CC1C(NCC(=O)NC(N)=O)CCC(C(=O)O)C1(C)C. The summed E-state index contributed by atoms with van der Waals surface area (Å²) in [7, 11) is 0. The molecule has 3 unspecified atom stereocenters. The highest BCUT2D eigenvalue weighted by Crippen LogP contribution is 2.44. The highest BCUT2D eigenvalue weighted by atomic mass is 16.4. The van der Waals surface area contributed by atoms with Crippen LogP contribution >= 0.6 is 0 Å². The second-order valence-corrected chi connectivity index (χ2v) is 5.98. The average molecular weight is 285 g/mol. The number of carboxylic acid groups (broad SMARTS) is 1. The second kappa shape index (κ2) is 6.21. The quantitative estimate of drug-likeness (QED) is 0.591. The summed E-state index contributed by atoms with van der Waals surface area (Å²) < 4.78 is 0. The first kappa shape index (κ1) is 16.4. The maximum atomic E-state index is 11.4. The summed E-state index contributed by atoms with van der Waals surface area (Å²) in [5.41, 5.74) is 4.50. The van der Waals surface area contributed by atoms with Gasteiger partial charge in [-0.15, -0.1) is 0 Å². The molecule has 7 heteroatoms. The van der Waals surface area contributed by atoms with Crippen molar-refractivity contribution in [1.29, 1.82) is 0 Å². The lowest BCUT2D eigenvalue weighted by atomic mass is 9.61. The first-order valence-electron chi connectivity index (χ1n) is 6.71. The van der Waals surface area contributed by atoms with Crippen LogP contribution in [0.2, 0.25) is 0 Å². The van der Waals surface area contributed by atoms with Gasteiger partial charge < -0.3 is 16.2 Å². The van der Waals surface area contributed by atoms with E-state index < -0.39 is 17.9 Å². The summed E-state index contributed by atoms with van der Waals surface area (Å²) in [6.45, 7) is 5.85. The van der Waals surface area contributed by atoms with Gasteiger partial charge in [-0.2, -0.15) is 0 Å². The van der Waals surface area contributed by atoms with Gasteiger partial charge in [0.2, 0.25) is 5.91 Å². The fourth-order valence-corrected chi connectivity index (χ4v) is 2.93. The van der Waals surface area contributed by atoms with Crippen LogP contribution in [-0.4, -0.2) is 35.6 Å². The molecule has 1 aliphatic rings. The lowest BCUT2D eigenvalue weighted by Crippen LogP contribution is -2.53. The molecule has 0 heterocycles. The van der Waals surface area contributed by atoms with E-state index in [4.69, 9.17) is 5.73 Å². The number of hydrogen-bond donors (Lipinski definition) is 4. The molecule has 3 amide bonds. The Bertz CT molecular complexity index is 408. The molecule has 1 saturated carbocycles. The smallest absolute Gasteiger partial charge is 0.318 e. The Hall–Kier alpha value is -1.63. The number of carboxylic acids is 1. The zero-order chi connectivity index (χ0) is 15.5. The van der Waals surface area contributed by atoms with E-state index in [1.54, 1.807) is 0 Å². The first-order valence-corrected chi connectivity index (χ1v) is 6.71. The highest BCUT2D eigenvalue weighted by Gasteiger charge is 2.46. The molecule has 0 aromatic rings. The van der Waals surface area contributed by atoms with Crippen LogP contribution in [0, 0.1) is 17.3 Å². The zero-order valence-corrected chi connectivity index (χ0v) is 12.1. The molecule has 0 aromatic carbocycles. The van der Waals surface area contributed by atoms with Gasteiger partial charge in [0.25, 0.3) is 0 Å². The first-order chi connectivity index (χ1) is 9.16. The molecule has 0 radical (unpaired) electrons. The molecule has 1 aliphatic carbocycles. The van der Waals surface area contributed by atoms with E-state index in [0.717, 1.165) is 0 Å². The van der Waals surface area contributed by atoms with Gasteiger partial charge in [-0.25, -0.2) is 4.79 Å². The Kier molecular flexibility index (Phi) is 5.10. The predicted octanol–water partition coefficient (Wildman–Crippen LogP) is 0.296. The van der Waals surface area contributed by atoms with Gasteiger partial charge >= 0.3 is 12.0 Å². The fraction of sp³-hybridized carbons (Fsp3) is 0.769. The van der Waals surface area contributed by atoms with Crippen LogP contribution in [0.3, 0.4) is 0 Å². The highest BCUT2D eigenvalue weighted by molar-refractivity contribution is 5.94. The van der Waals surface area contributed by atoms with Crippen LogP contribution in [0.4, 0.5) is 4.79 Å². The fourth-order valence-electron chi connectivity index (χ4n) is 2.93. The van der Waals surface area contributed by atoms with Crippen molar-refractivity contribution in [2.45, 2.75) is 39.7 Å². The molecule has 1 rings (SSSR count). The number of carbonyl (C=O) groups is 3. The molecule has 1 fully saturated rings. The second-order valence-electron chi connectivity index (χ2n) is 5.98. The van der Waals surface area contributed by atoms with E-state index in [0.29, 0.717) is 12.8 Å². The van der Waals surface area contributed by atoms with Gasteiger partial charge in [0.05, 0.1) is 12.5 Å². The number of imide groups is 1. The van der Waals surface area contributed by atoms with Gasteiger partial charge in [-0.1, -0.05) is 20.8 Å². The Morgan fingerprint density at radius 3 is 2.40 bits per heavy atom. The molecule has 0 aromatic heterocycles. The largest absolute Gasteiger partial charge is 0.481 e. The van der Waals surface area contributed by atoms with Gasteiger partial charge in [0, 0.05) is 6.04 Å². The lowest BCUT2D eigenvalue weighted by molar-refractivity contribution is -0.150. The molecule has 3 atom stereocenters. The molecule has 20 heavy (non-hydrogen) atoms. The van der Waals surface area contributed by atoms with Gasteiger partial charge in [-0.05, 0) is 24.2 Å². The van der Waals surface area contributed by atoms with Crippen LogP contribution in [-0.2, 0) is 9.59 Å². The summed E-state index contributed by atoms with van der Waals surface area (Å²) >= 11 is 0. The van der Waals surface area contributed by atoms with Crippen LogP contribution in [0.1, 0.15) is 33.6 Å². The van der Waals surface area contributed by atoms with Crippen molar-refractivity contribution in [3.63, 3.8) is 0 Å². The monoisotopic (exact) mass is 285 g/mol. The number of rotatable bonds is 4. The van der Waals surface area contributed by atoms with Crippen molar-refractivity contribution in [2.75, 3.05) is 6.54 Å². The summed E-state index contributed by atoms with van der Waals surface area (Å²) in [5, 5.41) is 14.3. The predicted molar refractivity (Wildman–Crippen MR) is 72.8 cm³/mol. The maximum Gasteiger partial charge on any atom is 0.318 e. The van der Waals surface area contributed by atoms with Gasteiger partial charge in [0.15, 0.2) is 0 Å². The van der Waals surface area contributed by atoms with Crippen molar-refractivity contribution in [2.24, 2.45) is 23.0 Å². The normalized spacial score (nSPS) is 28.6. The molecule has 0 aliphatic heterocycles. The number of urea groups is 1. The summed E-state index contributed by atoms with van der Waals surface area (Å²) in [6, 6.07) is -0.834. The minimum Gasteiger partial charge on any atom is -0.481 e. The van der Waals surface area contributed by atoms with E-state index >= 15 is 0 Å². The molecular weight excluding hydrogens is 262 g/mol. The third-order valence-electron chi connectivity index (χ3n) is 4.53. The van der Waals surface area contributed by atoms with Crippen LogP contribution < -0.4 is 16.4 Å². The molecule has 114 valence electrons. The number of hydrogen-bond acceptors (Lipinski definition) is 4. The van der Waals surface area contributed by atoms with E-state index in [-0.39, 0.29) is 29.8 Å². The molecular formula is C13H23N3O4. The van der Waals surface area contributed by atoms with E-state index in [2.05, 4.69) is 5.32 Å². The number of primary amides is 1. The minimum atomic E-state index is -0.875. The zero-order valence-electron chi connectivity index (χ0n) is 12.1. The lowest BCUT2D eigenvalue weighted by Gasteiger charge is -2.46. The van der Waals surface area contributed by atoms with Crippen molar-refractivity contribution in [3.8, 4) is 0 Å². The number of nitrogens with one attached hydrogen (secondary N) is 2. The van der Waals surface area contributed by atoms with Crippen molar-refractivity contribution in [3.05, 3.63) is 0 Å². The van der Waals surface area contributed by atoms with Crippen molar-refractivity contribution >= 4 is 17.9 Å². The van der Waals surface area contributed by atoms with Crippen LogP contribution in [0.25, 0.3) is 0 Å². The topological polar surface area (TPSA) is 122 Å². The third kappa shape index (κ3) is 3.69. The number of aliphatic carboxylic acids is 1. The summed E-state index contributed by atoms with van der Waals surface area (Å²) in [6.07, 6.45) is 1.26. The summed E-state index contributed by atoms with van der Waals surface area (Å²) in [5.74, 6) is -1.54. The van der Waals surface area contributed by atoms with Gasteiger partial charge in [-0.3, -0.25) is 14.9 Å². The third-order valence-corrected chi connectivity index (χ3v) is 4.53. The maximum absolute atomic E-state index is 11.4. The Labute approximate surface area is 118 Å². The van der Waals surface area contributed by atoms with Crippen molar-refractivity contribution in [1.82, 2.24) is 10.6 Å².